The van der Waals surface area contributed by atoms with Crippen LogP contribution in [0.4, 0.5) is 0 Å². The van der Waals surface area contributed by atoms with Gasteiger partial charge >= 0.3 is 0 Å². The summed E-state index contributed by atoms with van der Waals surface area (Å²) in [6.07, 6.45) is 1.48. The summed E-state index contributed by atoms with van der Waals surface area (Å²) in [4.78, 5) is 13.1. The third-order valence-corrected chi connectivity index (χ3v) is 5.18. The van der Waals surface area contributed by atoms with Crippen LogP contribution in [0, 0.1) is 0 Å². The fourth-order valence-electron chi connectivity index (χ4n) is 3.15. The number of nitrogens with zero attached hydrogens (tertiary/aromatic N) is 2. The van der Waals surface area contributed by atoms with Crippen LogP contribution >= 0.6 is 15.9 Å². The van der Waals surface area contributed by atoms with Gasteiger partial charge in [0.1, 0.15) is 0 Å². The van der Waals surface area contributed by atoms with Gasteiger partial charge in [0.05, 0.1) is 11.4 Å². The lowest BCUT2D eigenvalue weighted by Gasteiger charge is -2.11. The summed E-state index contributed by atoms with van der Waals surface area (Å²) in [5.41, 5.74) is 4.46. The number of rotatable bonds is 5. The maximum Gasteiger partial charge on any atom is 0.274 e. The van der Waals surface area contributed by atoms with E-state index in [9.17, 15) is 4.79 Å². The first-order valence-electron chi connectivity index (χ1n) is 9.19. The van der Waals surface area contributed by atoms with Crippen molar-refractivity contribution >= 4 is 15.9 Å². The average Bonchev–Trinajstić information content (AvgIpc) is 2.75. The third-order valence-electron chi connectivity index (χ3n) is 4.65. The van der Waals surface area contributed by atoms with Crippen LogP contribution in [0.25, 0.3) is 16.9 Å². The van der Waals surface area contributed by atoms with Gasteiger partial charge in [0.25, 0.3) is 5.56 Å². The Morgan fingerprint density at radius 1 is 0.786 bits per heavy atom. The molecule has 0 spiro atoms. The van der Waals surface area contributed by atoms with E-state index in [1.165, 1.54) is 10.2 Å². The van der Waals surface area contributed by atoms with Crippen molar-refractivity contribution in [1.29, 1.82) is 0 Å². The minimum absolute atomic E-state index is 0.0714. The Labute approximate surface area is 172 Å². The van der Waals surface area contributed by atoms with Crippen molar-refractivity contribution in [2.24, 2.45) is 0 Å². The van der Waals surface area contributed by atoms with E-state index in [0.717, 1.165) is 33.4 Å². The molecule has 3 nitrogen and oxygen atoms in total. The Kier molecular flexibility index (Phi) is 5.49. The van der Waals surface area contributed by atoms with Gasteiger partial charge in [0, 0.05) is 15.6 Å². The highest BCUT2D eigenvalue weighted by molar-refractivity contribution is 9.10. The lowest BCUT2D eigenvalue weighted by Crippen LogP contribution is -2.25. The van der Waals surface area contributed by atoms with Gasteiger partial charge < -0.3 is 0 Å². The Hall–Kier alpha value is -2.98. The van der Waals surface area contributed by atoms with E-state index in [0.29, 0.717) is 6.42 Å². The number of benzene rings is 3. The minimum Gasteiger partial charge on any atom is -0.267 e. The topological polar surface area (TPSA) is 34.9 Å². The van der Waals surface area contributed by atoms with Crippen LogP contribution in [0.2, 0.25) is 0 Å². The molecule has 1 heterocycles. The molecule has 0 fully saturated rings. The van der Waals surface area contributed by atoms with Crippen molar-refractivity contribution in [3.05, 3.63) is 117 Å². The van der Waals surface area contributed by atoms with Crippen LogP contribution in [-0.4, -0.2) is 9.78 Å². The summed E-state index contributed by atoms with van der Waals surface area (Å²) in [6.45, 7) is 0. The molecule has 0 amide bonds. The molecule has 1 aromatic heterocycles. The molecule has 0 aliphatic rings. The zero-order valence-corrected chi connectivity index (χ0v) is 16.8. The minimum atomic E-state index is -0.0714. The Bertz CT molecular complexity index is 1120. The number of hydrogen-bond acceptors (Lipinski definition) is 2. The summed E-state index contributed by atoms with van der Waals surface area (Å²) in [7, 11) is 0. The van der Waals surface area contributed by atoms with E-state index in [-0.39, 0.29) is 5.56 Å². The molecule has 28 heavy (non-hydrogen) atoms. The van der Waals surface area contributed by atoms with Crippen molar-refractivity contribution in [2.45, 2.75) is 12.8 Å². The molecule has 0 unspecified atom stereocenters. The maximum atomic E-state index is 13.1. The van der Waals surface area contributed by atoms with Gasteiger partial charge in [0.2, 0.25) is 0 Å². The van der Waals surface area contributed by atoms with Gasteiger partial charge in [-0.25, -0.2) is 0 Å². The first-order chi connectivity index (χ1) is 13.7. The number of aromatic nitrogens is 2. The molecule has 0 atom stereocenters. The van der Waals surface area contributed by atoms with Gasteiger partial charge in [-0.1, -0.05) is 76.6 Å². The molecule has 0 aliphatic carbocycles. The zero-order valence-electron chi connectivity index (χ0n) is 15.3. The lowest BCUT2D eigenvalue weighted by atomic mass is 10.0. The van der Waals surface area contributed by atoms with Crippen molar-refractivity contribution in [3.8, 4) is 16.9 Å². The smallest absolute Gasteiger partial charge is 0.267 e. The number of halogens is 1. The van der Waals surface area contributed by atoms with Gasteiger partial charge in [-0.05, 0) is 48.7 Å². The molecular weight excluding hydrogens is 412 g/mol. The molecule has 4 rings (SSSR count). The molecule has 0 N–H and O–H groups in total. The van der Waals surface area contributed by atoms with Crippen molar-refractivity contribution in [2.75, 3.05) is 0 Å². The highest BCUT2D eigenvalue weighted by Crippen LogP contribution is 2.19. The van der Waals surface area contributed by atoms with Crippen molar-refractivity contribution in [1.82, 2.24) is 9.78 Å². The molecule has 0 saturated carbocycles. The SMILES string of the molecule is O=c1c(CCc2ccccc2)cc(-c2ccccc2)nn1-c1ccc(Br)cc1. The predicted molar refractivity (Wildman–Crippen MR) is 117 cm³/mol. The maximum absolute atomic E-state index is 13.1. The average molecular weight is 431 g/mol. The second-order valence-electron chi connectivity index (χ2n) is 6.60. The normalized spacial score (nSPS) is 10.8. The monoisotopic (exact) mass is 430 g/mol. The summed E-state index contributed by atoms with van der Waals surface area (Å²) in [6, 6.07) is 29.8. The molecule has 0 bridgehead atoms. The second-order valence-corrected chi connectivity index (χ2v) is 7.52. The highest BCUT2D eigenvalue weighted by Gasteiger charge is 2.12. The summed E-state index contributed by atoms with van der Waals surface area (Å²) in [5, 5.41) is 4.65. The standard InChI is InChI=1S/C24H19BrN2O/c25-21-13-15-22(16-14-21)27-24(28)20(12-11-18-7-3-1-4-8-18)17-23(26-27)19-9-5-2-6-10-19/h1-10,13-17H,11-12H2. The van der Waals surface area contributed by atoms with Gasteiger partial charge in [-0.15, -0.1) is 0 Å². The first-order valence-corrected chi connectivity index (χ1v) is 9.98. The Morgan fingerprint density at radius 3 is 2.11 bits per heavy atom. The second kappa shape index (κ2) is 8.36. The largest absolute Gasteiger partial charge is 0.274 e. The molecule has 0 aliphatic heterocycles. The van der Waals surface area contributed by atoms with Crippen LogP contribution in [0.1, 0.15) is 11.1 Å². The van der Waals surface area contributed by atoms with Crippen LogP contribution in [0.15, 0.2) is 100 Å². The Morgan fingerprint density at radius 2 is 1.43 bits per heavy atom. The van der Waals surface area contributed by atoms with Crippen LogP contribution in [0.3, 0.4) is 0 Å². The van der Waals surface area contributed by atoms with E-state index in [1.807, 2.05) is 78.9 Å². The van der Waals surface area contributed by atoms with Crippen molar-refractivity contribution in [3.63, 3.8) is 0 Å². The van der Waals surface area contributed by atoms with Gasteiger partial charge in [-0.3, -0.25) is 4.79 Å². The van der Waals surface area contributed by atoms with E-state index in [4.69, 9.17) is 0 Å². The molecule has 0 saturated heterocycles. The van der Waals surface area contributed by atoms with E-state index >= 15 is 0 Å². The quantitative estimate of drug-likeness (QED) is 0.421. The Balaban J connectivity index is 1.79. The molecule has 138 valence electrons. The third kappa shape index (κ3) is 4.12. The predicted octanol–water partition coefficient (Wildman–Crippen LogP) is 5.45. The fourth-order valence-corrected chi connectivity index (χ4v) is 3.42. The summed E-state index contributed by atoms with van der Waals surface area (Å²) >= 11 is 3.45. The summed E-state index contributed by atoms with van der Waals surface area (Å²) in [5.74, 6) is 0. The molecular formula is C24H19BrN2O. The van der Waals surface area contributed by atoms with E-state index in [1.54, 1.807) is 0 Å². The zero-order chi connectivity index (χ0) is 19.3. The van der Waals surface area contributed by atoms with Crippen LogP contribution in [0.5, 0.6) is 0 Å². The molecule has 4 aromatic rings. The number of aryl methyl sites for hydroxylation is 2. The highest BCUT2D eigenvalue weighted by atomic mass is 79.9. The van der Waals surface area contributed by atoms with Gasteiger partial charge in [-0.2, -0.15) is 9.78 Å². The molecule has 3 aromatic carbocycles. The van der Waals surface area contributed by atoms with Gasteiger partial charge in [0.15, 0.2) is 0 Å². The van der Waals surface area contributed by atoms with Crippen LogP contribution in [-0.2, 0) is 12.8 Å². The van der Waals surface area contributed by atoms with Crippen molar-refractivity contribution < 1.29 is 0 Å². The van der Waals surface area contributed by atoms with Crippen LogP contribution < -0.4 is 5.56 Å². The fraction of sp³-hybridized carbons (Fsp3) is 0.0833. The number of hydrogen-bond donors (Lipinski definition) is 0. The first kappa shape index (κ1) is 18.4. The summed E-state index contributed by atoms with van der Waals surface area (Å²) < 4.78 is 2.47. The van der Waals surface area contributed by atoms with E-state index < -0.39 is 0 Å². The van der Waals surface area contributed by atoms with E-state index in [2.05, 4.69) is 33.2 Å². The molecule has 0 radical (unpaired) electrons. The molecule has 4 heteroatoms. The lowest BCUT2D eigenvalue weighted by molar-refractivity contribution is 0.781.